The predicted molar refractivity (Wildman–Crippen MR) is 118 cm³/mol. The molecule has 0 fully saturated rings. The van der Waals surface area contributed by atoms with Crippen molar-refractivity contribution in [2.75, 3.05) is 18.4 Å². The van der Waals surface area contributed by atoms with Gasteiger partial charge in [0.2, 0.25) is 5.91 Å². The Kier molecular flexibility index (Phi) is 8.94. The number of hydrogen-bond donors (Lipinski definition) is 3. The van der Waals surface area contributed by atoms with Crippen molar-refractivity contribution >= 4 is 28.9 Å². The number of anilines is 1. The molecule has 1 aromatic heterocycles. The van der Waals surface area contributed by atoms with Gasteiger partial charge in [0, 0.05) is 36.5 Å². The molecule has 1 aromatic carbocycles. The molecular formula is C21H31N5OS. The number of aryl methyl sites for hydroxylation is 1. The van der Waals surface area contributed by atoms with Crippen LogP contribution in [-0.4, -0.2) is 29.9 Å². The topological polar surface area (TPSA) is 78.4 Å². The van der Waals surface area contributed by atoms with Crippen LogP contribution in [0.5, 0.6) is 0 Å². The number of guanidine groups is 1. The van der Waals surface area contributed by atoms with Crippen molar-refractivity contribution in [1.29, 1.82) is 0 Å². The van der Waals surface area contributed by atoms with Gasteiger partial charge >= 0.3 is 0 Å². The largest absolute Gasteiger partial charge is 0.357 e. The average Bonchev–Trinajstić information content (AvgIpc) is 3.10. The molecule has 0 saturated carbocycles. The minimum absolute atomic E-state index is 0.00716. The third-order valence-electron chi connectivity index (χ3n) is 4.36. The van der Waals surface area contributed by atoms with Crippen molar-refractivity contribution in [2.45, 2.75) is 47.1 Å². The van der Waals surface area contributed by atoms with Crippen molar-refractivity contribution in [3.05, 3.63) is 45.9 Å². The van der Waals surface area contributed by atoms with E-state index in [0.29, 0.717) is 6.54 Å². The Morgan fingerprint density at radius 3 is 2.79 bits per heavy atom. The van der Waals surface area contributed by atoms with E-state index in [1.54, 1.807) is 11.3 Å². The van der Waals surface area contributed by atoms with Crippen LogP contribution < -0.4 is 16.0 Å². The van der Waals surface area contributed by atoms with E-state index in [1.165, 1.54) is 0 Å². The molecule has 0 saturated heterocycles. The summed E-state index contributed by atoms with van der Waals surface area (Å²) in [5.41, 5.74) is 2.97. The molecule has 3 N–H and O–H groups in total. The van der Waals surface area contributed by atoms with Gasteiger partial charge in [-0.05, 0) is 38.0 Å². The SMILES string of the molecule is CCNC(=NCc1cccc(NC(=O)C(C)CC)c1)NCCc1csc(C)n1. The van der Waals surface area contributed by atoms with Gasteiger partial charge in [-0.1, -0.05) is 26.0 Å². The molecule has 28 heavy (non-hydrogen) atoms. The van der Waals surface area contributed by atoms with Gasteiger partial charge in [0.1, 0.15) is 0 Å². The molecule has 0 aliphatic carbocycles. The van der Waals surface area contributed by atoms with Crippen LogP contribution in [0.4, 0.5) is 5.69 Å². The molecule has 0 bridgehead atoms. The Morgan fingerprint density at radius 1 is 1.29 bits per heavy atom. The average molecular weight is 402 g/mol. The zero-order valence-electron chi connectivity index (χ0n) is 17.2. The number of nitrogens with zero attached hydrogens (tertiary/aromatic N) is 2. The second-order valence-corrected chi connectivity index (χ2v) is 7.79. The number of carbonyl (C=O) groups excluding carboxylic acids is 1. The zero-order chi connectivity index (χ0) is 20.4. The molecule has 1 heterocycles. The Balaban J connectivity index is 1.92. The van der Waals surface area contributed by atoms with E-state index in [2.05, 4.69) is 31.3 Å². The third kappa shape index (κ3) is 7.31. The van der Waals surface area contributed by atoms with Gasteiger partial charge in [-0.2, -0.15) is 0 Å². The van der Waals surface area contributed by atoms with Gasteiger partial charge in [0.15, 0.2) is 5.96 Å². The van der Waals surface area contributed by atoms with Crippen molar-refractivity contribution in [2.24, 2.45) is 10.9 Å². The Labute approximate surface area is 171 Å². The lowest BCUT2D eigenvalue weighted by atomic mass is 10.1. The monoisotopic (exact) mass is 401 g/mol. The number of benzene rings is 1. The van der Waals surface area contributed by atoms with Crippen molar-refractivity contribution in [3.8, 4) is 0 Å². The molecule has 1 unspecified atom stereocenters. The van der Waals surface area contributed by atoms with Gasteiger partial charge < -0.3 is 16.0 Å². The van der Waals surface area contributed by atoms with Crippen molar-refractivity contribution < 1.29 is 4.79 Å². The first-order valence-corrected chi connectivity index (χ1v) is 10.7. The number of hydrogen-bond acceptors (Lipinski definition) is 4. The molecule has 1 amide bonds. The maximum Gasteiger partial charge on any atom is 0.227 e. The van der Waals surface area contributed by atoms with E-state index in [4.69, 9.17) is 0 Å². The lowest BCUT2D eigenvalue weighted by Crippen LogP contribution is -2.38. The molecule has 2 aromatic rings. The van der Waals surface area contributed by atoms with Gasteiger partial charge in [0.05, 0.1) is 17.2 Å². The molecule has 7 heteroatoms. The summed E-state index contributed by atoms with van der Waals surface area (Å²) in [5.74, 6) is 0.840. The van der Waals surface area contributed by atoms with E-state index in [1.807, 2.05) is 52.0 Å². The maximum absolute atomic E-state index is 12.1. The number of rotatable bonds is 9. The fourth-order valence-corrected chi connectivity index (χ4v) is 3.19. The number of amides is 1. The minimum Gasteiger partial charge on any atom is -0.357 e. The van der Waals surface area contributed by atoms with Gasteiger partial charge in [-0.15, -0.1) is 11.3 Å². The summed E-state index contributed by atoms with van der Waals surface area (Å²) in [6.45, 7) is 10.1. The number of aromatic nitrogens is 1. The third-order valence-corrected chi connectivity index (χ3v) is 5.18. The van der Waals surface area contributed by atoms with Crippen LogP contribution in [0.15, 0.2) is 34.6 Å². The lowest BCUT2D eigenvalue weighted by Gasteiger charge is -2.12. The highest BCUT2D eigenvalue weighted by molar-refractivity contribution is 7.09. The van der Waals surface area contributed by atoms with E-state index in [9.17, 15) is 4.79 Å². The molecular weight excluding hydrogens is 370 g/mol. The second kappa shape index (κ2) is 11.4. The summed E-state index contributed by atoms with van der Waals surface area (Å²) in [6, 6.07) is 7.85. The molecule has 6 nitrogen and oxygen atoms in total. The zero-order valence-corrected chi connectivity index (χ0v) is 18.0. The van der Waals surface area contributed by atoms with Crippen LogP contribution in [0.1, 0.15) is 43.5 Å². The minimum atomic E-state index is 0.00716. The standard InChI is InChI=1S/C21H31N5OS/c1-5-15(3)20(27)26-18-9-7-8-17(12-18)13-24-21(22-6-2)23-11-10-19-14-28-16(4)25-19/h7-9,12,14-15H,5-6,10-11,13H2,1-4H3,(H,26,27)(H2,22,23,24). The fraction of sp³-hybridized carbons (Fsp3) is 0.476. The molecule has 152 valence electrons. The number of thiazole rings is 1. The first-order chi connectivity index (χ1) is 13.5. The molecule has 0 spiro atoms. The second-order valence-electron chi connectivity index (χ2n) is 6.73. The van der Waals surface area contributed by atoms with Crippen LogP contribution >= 0.6 is 11.3 Å². The van der Waals surface area contributed by atoms with Gasteiger partial charge in [0.25, 0.3) is 0 Å². The molecule has 0 aliphatic heterocycles. The highest BCUT2D eigenvalue weighted by Gasteiger charge is 2.10. The smallest absolute Gasteiger partial charge is 0.227 e. The molecule has 0 aliphatic rings. The van der Waals surface area contributed by atoms with E-state index in [0.717, 1.165) is 53.8 Å². The maximum atomic E-state index is 12.1. The number of carbonyl (C=O) groups is 1. The first-order valence-electron chi connectivity index (χ1n) is 9.84. The number of nitrogens with one attached hydrogen (secondary N) is 3. The van der Waals surface area contributed by atoms with Crippen LogP contribution in [-0.2, 0) is 17.8 Å². The Hall–Kier alpha value is -2.41. The summed E-state index contributed by atoms with van der Waals surface area (Å²) in [4.78, 5) is 21.2. The van der Waals surface area contributed by atoms with Crippen molar-refractivity contribution in [3.63, 3.8) is 0 Å². The van der Waals surface area contributed by atoms with E-state index < -0.39 is 0 Å². The van der Waals surface area contributed by atoms with Gasteiger partial charge in [-0.25, -0.2) is 9.98 Å². The first kappa shape index (κ1) is 21.9. The Morgan fingerprint density at radius 2 is 2.11 bits per heavy atom. The summed E-state index contributed by atoms with van der Waals surface area (Å²) < 4.78 is 0. The highest BCUT2D eigenvalue weighted by Crippen LogP contribution is 2.14. The summed E-state index contributed by atoms with van der Waals surface area (Å²) in [7, 11) is 0. The summed E-state index contributed by atoms with van der Waals surface area (Å²) >= 11 is 1.67. The molecule has 2 rings (SSSR count). The highest BCUT2D eigenvalue weighted by atomic mass is 32.1. The van der Waals surface area contributed by atoms with Gasteiger partial charge in [-0.3, -0.25) is 4.79 Å². The van der Waals surface area contributed by atoms with E-state index >= 15 is 0 Å². The summed E-state index contributed by atoms with van der Waals surface area (Å²) in [5, 5.41) is 12.8. The summed E-state index contributed by atoms with van der Waals surface area (Å²) in [6.07, 6.45) is 1.69. The van der Waals surface area contributed by atoms with Crippen LogP contribution in [0.25, 0.3) is 0 Å². The normalized spacial score (nSPS) is 12.5. The van der Waals surface area contributed by atoms with Crippen molar-refractivity contribution in [1.82, 2.24) is 15.6 Å². The fourth-order valence-electron chi connectivity index (χ4n) is 2.54. The van der Waals surface area contributed by atoms with Crippen LogP contribution in [0, 0.1) is 12.8 Å². The van der Waals surface area contributed by atoms with E-state index in [-0.39, 0.29) is 11.8 Å². The van der Waals surface area contributed by atoms with Crippen LogP contribution in [0.2, 0.25) is 0 Å². The quantitative estimate of drug-likeness (QED) is 0.442. The predicted octanol–water partition coefficient (Wildman–Crippen LogP) is 3.73. The van der Waals surface area contributed by atoms with Crippen LogP contribution in [0.3, 0.4) is 0 Å². The number of aliphatic imine (C=N–C) groups is 1. The molecule has 0 radical (unpaired) electrons. The lowest BCUT2D eigenvalue weighted by molar-refractivity contribution is -0.119. The molecule has 1 atom stereocenters. The Bertz CT molecular complexity index is 787.